The summed E-state index contributed by atoms with van der Waals surface area (Å²) in [5.74, 6) is 0.311. The van der Waals surface area contributed by atoms with E-state index in [4.69, 9.17) is 9.15 Å². The number of anilines is 1. The van der Waals surface area contributed by atoms with Gasteiger partial charge in [-0.25, -0.2) is 4.39 Å². The summed E-state index contributed by atoms with van der Waals surface area (Å²) < 4.78 is 25.6. The Labute approximate surface area is 199 Å². The average molecular weight is 463 g/mol. The van der Waals surface area contributed by atoms with Gasteiger partial charge in [-0.1, -0.05) is 42.5 Å². The predicted molar refractivity (Wildman–Crippen MR) is 130 cm³/mol. The number of hydrogen-bond donors (Lipinski definition) is 0. The molecule has 0 fully saturated rings. The first kappa shape index (κ1) is 20.9. The normalized spacial score (nSPS) is 14.8. The summed E-state index contributed by atoms with van der Waals surface area (Å²) in [6, 6.07) is 28.2. The first-order chi connectivity index (χ1) is 17.1. The molecule has 1 aromatic heterocycles. The van der Waals surface area contributed by atoms with E-state index in [-0.39, 0.29) is 16.8 Å². The van der Waals surface area contributed by atoms with Crippen LogP contribution in [0.1, 0.15) is 27.7 Å². The Hall–Kier alpha value is -4.71. The molecule has 0 saturated carbocycles. The second-order valence-corrected chi connectivity index (χ2v) is 8.21. The number of ether oxygens (including phenoxy) is 1. The van der Waals surface area contributed by atoms with Crippen molar-refractivity contribution in [2.24, 2.45) is 0 Å². The molecule has 5 aromatic rings. The number of carbonyl (C=O) groups is 1. The van der Waals surface area contributed by atoms with Crippen LogP contribution in [0.25, 0.3) is 11.0 Å². The zero-order chi connectivity index (χ0) is 23.9. The van der Waals surface area contributed by atoms with E-state index in [0.29, 0.717) is 33.7 Å². The number of hydrogen-bond acceptors (Lipinski definition) is 4. The van der Waals surface area contributed by atoms with E-state index in [2.05, 4.69) is 0 Å². The molecule has 5 nitrogen and oxygen atoms in total. The fourth-order valence-corrected chi connectivity index (χ4v) is 4.48. The van der Waals surface area contributed by atoms with E-state index in [9.17, 15) is 14.0 Å². The Bertz CT molecular complexity index is 1630. The number of carbonyl (C=O) groups excluding carboxylic acids is 1. The van der Waals surface area contributed by atoms with Gasteiger partial charge >= 0.3 is 0 Å². The van der Waals surface area contributed by atoms with E-state index in [1.807, 2.05) is 42.5 Å². The molecule has 1 amide bonds. The van der Waals surface area contributed by atoms with Gasteiger partial charge in [-0.3, -0.25) is 14.5 Å². The highest BCUT2D eigenvalue weighted by Gasteiger charge is 2.43. The largest absolute Gasteiger partial charge is 0.457 e. The maximum atomic E-state index is 13.7. The van der Waals surface area contributed by atoms with E-state index in [0.717, 1.165) is 0 Å². The lowest BCUT2D eigenvalue weighted by atomic mass is 9.98. The van der Waals surface area contributed by atoms with Gasteiger partial charge in [-0.05, 0) is 66.2 Å². The summed E-state index contributed by atoms with van der Waals surface area (Å²) in [4.78, 5) is 28.7. The van der Waals surface area contributed by atoms with Crippen LogP contribution in [0.4, 0.5) is 10.1 Å². The van der Waals surface area contributed by atoms with Crippen LogP contribution in [0.5, 0.6) is 11.5 Å². The number of halogens is 1. The summed E-state index contributed by atoms with van der Waals surface area (Å²) >= 11 is 0. The van der Waals surface area contributed by atoms with Crippen molar-refractivity contribution < 1.29 is 18.3 Å². The highest BCUT2D eigenvalue weighted by atomic mass is 19.1. The molecular formula is C29H18FNO4. The summed E-state index contributed by atoms with van der Waals surface area (Å²) in [6.07, 6.45) is 0. The molecule has 1 atom stereocenters. The molecule has 0 saturated heterocycles. The van der Waals surface area contributed by atoms with Crippen LogP contribution in [0.2, 0.25) is 0 Å². The topological polar surface area (TPSA) is 59.8 Å². The molecule has 4 aromatic carbocycles. The van der Waals surface area contributed by atoms with Crippen LogP contribution in [-0.4, -0.2) is 5.91 Å². The molecule has 0 N–H and O–H groups in total. The van der Waals surface area contributed by atoms with Gasteiger partial charge in [-0.2, -0.15) is 0 Å². The highest BCUT2D eigenvalue weighted by molar-refractivity contribution is 6.10. The van der Waals surface area contributed by atoms with Crippen molar-refractivity contribution in [1.29, 1.82) is 0 Å². The lowest BCUT2D eigenvalue weighted by Gasteiger charge is -2.25. The molecule has 0 spiro atoms. The van der Waals surface area contributed by atoms with Gasteiger partial charge in [0.1, 0.15) is 22.9 Å². The quantitative estimate of drug-likeness (QED) is 0.306. The Morgan fingerprint density at radius 1 is 0.771 bits per heavy atom. The van der Waals surface area contributed by atoms with Crippen LogP contribution in [0, 0.1) is 5.82 Å². The number of benzene rings is 4. The molecule has 1 unspecified atom stereocenters. The summed E-state index contributed by atoms with van der Waals surface area (Å²) in [5, 5.41) is 0.390. The maximum absolute atomic E-state index is 13.7. The van der Waals surface area contributed by atoms with Gasteiger partial charge in [0.2, 0.25) is 5.76 Å². The molecule has 6 heteroatoms. The number of para-hydroxylation sites is 2. The Morgan fingerprint density at radius 2 is 1.49 bits per heavy atom. The van der Waals surface area contributed by atoms with Crippen molar-refractivity contribution >= 4 is 22.6 Å². The third kappa shape index (κ3) is 3.56. The van der Waals surface area contributed by atoms with Crippen molar-refractivity contribution in [3.8, 4) is 11.5 Å². The zero-order valence-electron chi connectivity index (χ0n) is 18.4. The molecule has 1 aliphatic heterocycles. The Kier molecular flexibility index (Phi) is 4.92. The second-order valence-electron chi connectivity index (χ2n) is 8.21. The molecule has 170 valence electrons. The fraction of sp³-hybridized carbons (Fsp3) is 0.0345. The number of rotatable bonds is 4. The number of nitrogens with zero attached hydrogens (tertiary/aromatic N) is 1. The number of fused-ring (bicyclic) bond motifs is 2. The van der Waals surface area contributed by atoms with Crippen molar-refractivity contribution in [2.45, 2.75) is 6.04 Å². The van der Waals surface area contributed by atoms with Crippen LogP contribution in [-0.2, 0) is 0 Å². The van der Waals surface area contributed by atoms with Gasteiger partial charge in [0.05, 0.1) is 17.0 Å². The van der Waals surface area contributed by atoms with E-state index < -0.39 is 17.8 Å². The SMILES string of the molecule is O=C1c2oc3ccccc3c(=O)c2C(c2cccc(Oc3ccccc3)c2)N1c1ccc(F)cc1. The summed E-state index contributed by atoms with van der Waals surface area (Å²) in [6.45, 7) is 0. The molecule has 0 bridgehead atoms. The first-order valence-electron chi connectivity index (χ1n) is 11.1. The van der Waals surface area contributed by atoms with Crippen molar-refractivity contribution in [3.05, 3.63) is 136 Å². The van der Waals surface area contributed by atoms with E-state index in [1.165, 1.54) is 29.2 Å². The van der Waals surface area contributed by atoms with Crippen molar-refractivity contribution in [3.63, 3.8) is 0 Å². The molecule has 2 heterocycles. The highest BCUT2D eigenvalue weighted by Crippen LogP contribution is 2.42. The predicted octanol–water partition coefficient (Wildman–Crippen LogP) is 6.47. The molecule has 0 radical (unpaired) electrons. The van der Waals surface area contributed by atoms with Crippen LogP contribution < -0.4 is 15.1 Å². The lowest BCUT2D eigenvalue weighted by Crippen LogP contribution is -2.29. The molecular weight excluding hydrogens is 445 g/mol. The average Bonchev–Trinajstić information content (AvgIpc) is 3.18. The van der Waals surface area contributed by atoms with Gasteiger partial charge in [0, 0.05) is 5.69 Å². The summed E-state index contributed by atoms with van der Waals surface area (Å²) in [7, 11) is 0. The third-order valence-corrected chi connectivity index (χ3v) is 6.04. The molecule has 0 aliphatic carbocycles. The van der Waals surface area contributed by atoms with Crippen LogP contribution in [0.15, 0.2) is 112 Å². The number of amides is 1. The van der Waals surface area contributed by atoms with Crippen LogP contribution >= 0.6 is 0 Å². The minimum absolute atomic E-state index is 0.0163. The molecule has 1 aliphatic rings. The fourth-order valence-electron chi connectivity index (χ4n) is 4.48. The third-order valence-electron chi connectivity index (χ3n) is 6.04. The first-order valence-corrected chi connectivity index (χ1v) is 11.1. The molecule has 6 rings (SSSR count). The van der Waals surface area contributed by atoms with E-state index in [1.54, 1.807) is 36.4 Å². The van der Waals surface area contributed by atoms with Crippen molar-refractivity contribution in [2.75, 3.05) is 4.90 Å². The van der Waals surface area contributed by atoms with Gasteiger partial charge < -0.3 is 9.15 Å². The monoisotopic (exact) mass is 463 g/mol. The Morgan fingerprint density at radius 3 is 2.29 bits per heavy atom. The van der Waals surface area contributed by atoms with Crippen molar-refractivity contribution in [1.82, 2.24) is 0 Å². The standard InChI is InChI=1S/C29H18FNO4/c30-19-13-15-20(16-14-19)31-26(18-7-6-10-22(17-18)34-21-8-2-1-3-9-21)25-27(32)23-11-4-5-12-24(23)35-28(25)29(31)33/h1-17,26H. The summed E-state index contributed by atoms with van der Waals surface area (Å²) in [5.41, 5.74) is 1.42. The maximum Gasteiger partial charge on any atom is 0.295 e. The van der Waals surface area contributed by atoms with Crippen LogP contribution in [0.3, 0.4) is 0 Å². The lowest BCUT2D eigenvalue weighted by molar-refractivity contribution is 0.0971. The Balaban J connectivity index is 1.55. The minimum Gasteiger partial charge on any atom is -0.457 e. The van der Waals surface area contributed by atoms with Gasteiger partial charge in [0.15, 0.2) is 5.43 Å². The minimum atomic E-state index is -0.775. The van der Waals surface area contributed by atoms with Gasteiger partial charge in [0.25, 0.3) is 5.91 Å². The van der Waals surface area contributed by atoms with E-state index >= 15 is 0 Å². The molecule has 35 heavy (non-hydrogen) atoms. The zero-order valence-corrected chi connectivity index (χ0v) is 18.4. The smallest absolute Gasteiger partial charge is 0.295 e. The second kappa shape index (κ2) is 8.25. The van der Waals surface area contributed by atoms with Gasteiger partial charge in [-0.15, -0.1) is 0 Å².